The van der Waals surface area contributed by atoms with Crippen molar-refractivity contribution in [1.29, 1.82) is 0 Å². The number of nitrogens with one attached hydrogen (secondary N) is 1. The number of anilines is 1. The van der Waals surface area contributed by atoms with Crippen molar-refractivity contribution in [2.24, 2.45) is 5.41 Å². The lowest BCUT2D eigenvalue weighted by Crippen LogP contribution is -2.19. The fourth-order valence-corrected chi connectivity index (χ4v) is 3.71. The van der Waals surface area contributed by atoms with Gasteiger partial charge in [0.25, 0.3) is 0 Å². The molecule has 1 N–H and O–H groups in total. The molecule has 2 rings (SSSR count). The van der Waals surface area contributed by atoms with Crippen LogP contribution in [0.15, 0.2) is 95.3 Å². The van der Waals surface area contributed by atoms with E-state index in [-0.39, 0.29) is 11.2 Å². The van der Waals surface area contributed by atoms with Crippen LogP contribution in [-0.4, -0.2) is 0 Å². The minimum atomic E-state index is -0.245. The molecule has 0 heterocycles. The molecule has 0 unspecified atom stereocenters. The second-order valence-corrected chi connectivity index (χ2v) is 8.58. The van der Waals surface area contributed by atoms with Crippen LogP contribution in [0.3, 0.4) is 0 Å². The average Bonchev–Trinajstić information content (AvgIpc) is 2.62. The molecule has 0 amide bonds. The zero-order valence-corrected chi connectivity index (χ0v) is 18.5. The predicted octanol–water partition coefficient (Wildman–Crippen LogP) is 8.28. The molecule has 1 aromatic rings. The molecule has 1 aliphatic rings. The zero-order valence-electron chi connectivity index (χ0n) is 18.5. The molecular weight excluding hydrogens is 357 g/mol. The Kier molecular flexibility index (Phi) is 8.01. The summed E-state index contributed by atoms with van der Waals surface area (Å²) in [6, 6.07) is 6.25. The van der Waals surface area contributed by atoms with Crippen LogP contribution in [-0.2, 0) is 0 Å². The topological polar surface area (TPSA) is 12.0 Å². The molecule has 0 radical (unpaired) electrons. The fourth-order valence-electron chi connectivity index (χ4n) is 3.71. The highest BCUT2D eigenvalue weighted by atomic mass is 19.1. The van der Waals surface area contributed by atoms with Gasteiger partial charge in [-0.3, -0.25) is 0 Å². The van der Waals surface area contributed by atoms with Crippen LogP contribution >= 0.6 is 0 Å². The van der Waals surface area contributed by atoms with E-state index in [1.54, 1.807) is 12.1 Å². The fraction of sp³-hybridized carbons (Fsp3) is 0.333. The molecule has 0 saturated carbocycles. The van der Waals surface area contributed by atoms with E-state index in [9.17, 15) is 4.39 Å². The van der Waals surface area contributed by atoms with Crippen LogP contribution in [0.1, 0.15) is 53.9 Å². The van der Waals surface area contributed by atoms with Gasteiger partial charge in [-0.15, -0.1) is 0 Å². The van der Waals surface area contributed by atoms with Crippen molar-refractivity contribution in [3.8, 4) is 0 Å². The van der Waals surface area contributed by atoms with Gasteiger partial charge in [-0.25, -0.2) is 4.39 Å². The Hall–Kier alpha value is -2.61. The van der Waals surface area contributed by atoms with Gasteiger partial charge < -0.3 is 5.32 Å². The largest absolute Gasteiger partial charge is 0.356 e. The maximum Gasteiger partial charge on any atom is 0.123 e. The van der Waals surface area contributed by atoms with Gasteiger partial charge in [-0.2, -0.15) is 0 Å². The molecule has 29 heavy (non-hydrogen) atoms. The summed E-state index contributed by atoms with van der Waals surface area (Å²) in [5.41, 5.74) is 7.17. The van der Waals surface area contributed by atoms with Crippen molar-refractivity contribution in [3.05, 3.63) is 101 Å². The first-order chi connectivity index (χ1) is 13.7. The first-order valence-corrected chi connectivity index (χ1v) is 10.3. The Morgan fingerprint density at radius 1 is 1.10 bits per heavy atom. The van der Waals surface area contributed by atoms with E-state index in [4.69, 9.17) is 0 Å². The van der Waals surface area contributed by atoms with Crippen LogP contribution in [0.5, 0.6) is 0 Å². The molecule has 154 valence electrons. The van der Waals surface area contributed by atoms with Gasteiger partial charge in [0, 0.05) is 11.4 Å². The van der Waals surface area contributed by atoms with Crippen molar-refractivity contribution in [2.45, 2.75) is 53.9 Å². The van der Waals surface area contributed by atoms with Crippen molar-refractivity contribution in [1.82, 2.24) is 0 Å². The van der Waals surface area contributed by atoms with Crippen molar-refractivity contribution in [3.63, 3.8) is 0 Å². The molecule has 0 spiro atoms. The third-order valence-corrected chi connectivity index (χ3v) is 5.32. The van der Waals surface area contributed by atoms with Crippen LogP contribution in [0.2, 0.25) is 0 Å². The maximum atomic E-state index is 13.0. The number of benzene rings is 1. The Morgan fingerprint density at radius 3 is 2.45 bits per heavy atom. The summed E-state index contributed by atoms with van der Waals surface area (Å²) >= 11 is 0. The molecule has 0 saturated heterocycles. The van der Waals surface area contributed by atoms with E-state index in [1.807, 2.05) is 13.0 Å². The lowest BCUT2D eigenvalue weighted by atomic mass is 9.72. The number of allylic oxidation sites excluding steroid dienone is 10. The number of hydrogen-bond donors (Lipinski definition) is 1. The quantitative estimate of drug-likeness (QED) is 0.461. The third-order valence-electron chi connectivity index (χ3n) is 5.32. The summed E-state index contributed by atoms with van der Waals surface area (Å²) in [5.74, 6) is -0.245. The Labute approximate surface area is 176 Å². The summed E-state index contributed by atoms with van der Waals surface area (Å²) in [7, 11) is 0. The Morgan fingerprint density at radius 2 is 1.79 bits per heavy atom. The van der Waals surface area contributed by atoms with Crippen LogP contribution in [0, 0.1) is 11.2 Å². The second kappa shape index (κ2) is 10.2. The Balaban J connectivity index is 1.95. The number of rotatable bonds is 7. The molecule has 0 aromatic heterocycles. The van der Waals surface area contributed by atoms with Crippen molar-refractivity contribution < 1.29 is 4.39 Å². The molecule has 0 atom stereocenters. The van der Waals surface area contributed by atoms with E-state index < -0.39 is 0 Å². The highest BCUT2D eigenvalue weighted by molar-refractivity contribution is 5.50. The van der Waals surface area contributed by atoms with Crippen molar-refractivity contribution >= 4 is 5.69 Å². The number of hydrogen-bond acceptors (Lipinski definition) is 1. The second-order valence-electron chi connectivity index (χ2n) is 8.58. The van der Waals surface area contributed by atoms with Gasteiger partial charge >= 0.3 is 0 Å². The first kappa shape index (κ1) is 22.7. The standard InChI is InChI=1S/C27H34FN/c1-20(12-17-26-22(3)11-8-18-27(26,5)6)9-7-10-21(2)19-23(4)29-25-15-13-24(28)14-16-25/h7,9-10,12-17,19,29H,4,8,11,18H2,1-3,5-6H3/b10-7+,17-12+,20-9+,21-19+. The van der Waals surface area contributed by atoms with Gasteiger partial charge in [0.1, 0.15) is 5.82 Å². The molecule has 1 aromatic carbocycles. The molecule has 0 fully saturated rings. The third kappa shape index (κ3) is 7.38. The zero-order chi connectivity index (χ0) is 21.4. The van der Waals surface area contributed by atoms with E-state index in [2.05, 4.69) is 70.0 Å². The molecule has 2 heteroatoms. The predicted molar refractivity (Wildman–Crippen MR) is 125 cm³/mol. The van der Waals surface area contributed by atoms with Crippen LogP contribution in [0.25, 0.3) is 0 Å². The summed E-state index contributed by atoms with van der Waals surface area (Å²) in [4.78, 5) is 0. The minimum absolute atomic E-state index is 0.245. The maximum absolute atomic E-state index is 13.0. The highest BCUT2D eigenvalue weighted by Gasteiger charge is 2.26. The molecule has 0 aliphatic heterocycles. The van der Waals surface area contributed by atoms with Crippen LogP contribution < -0.4 is 5.32 Å². The molecular formula is C27H34FN. The van der Waals surface area contributed by atoms with E-state index in [0.29, 0.717) is 0 Å². The summed E-state index contributed by atoms with van der Waals surface area (Å²) in [6.07, 6.45) is 16.5. The molecule has 0 bridgehead atoms. The van der Waals surface area contributed by atoms with Gasteiger partial charge in [-0.05, 0) is 86.9 Å². The van der Waals surface area contributed by atoms with E-state index >= 15 is 0 Å². The summed E-state index contributed by atoms with van der Waals surface area (Å²) in [6.45, 7) is 15.1. The summed E-state index contributed by atoms with van der Waals surface area (Å²) < 4.78 is 13.0. The highest BCUT2D eigenvalue weighted by Crippen LogP contribution is 2.40. The summed E-state index contributed by atoms with van der Waals surface area (Å²) in [5, 5.41) is 3.16. The van der Waals surface area contributed by atoms with E-state index in [1.165, 1.54) is 48.1 Å². The SMILES string of the molecule is C=C(/C=C(C)/C=C/C=C(C)/C=C/C1=C(C)CCCC1(C)C)Nc1ccc(F)cc1. The smallest absolute Gasteiger partial charge is 0.123 e. The molecule has 1 nitrogen and oxygen atoms in total. The monoisotopic (exact) mass is 391 g/mol. The lowest BCUT2D eigenvalue weighted by Gasteiger charge is -2.32. The van der Waals surface area contributed by atoms with Gasteiger partial charge in [0.05, 0.1) is 0 Å². The van der Waals surface area contributed by atoms with Crippen molar-refractivity contribution in [2.75, 3.05) is 5.32 Å². The molecule has 1 aliphatic carbocycles. The van der Waals surface area contributed by atoms with Gasteiger partial charge in [-0.1, -0.05) is 62.0 Å². The Bertz CT molecular complexity index is 874. The number of halogens is 1. The minimum Gasteiger partial charge on any atom is -0.356 e. The average molecular weight is 392 g/mol. The normalized spacial score (nSPS) is 18.0. The first-order valence-electron chi connectivity index (χ1n) is 10.3. The van der Waals surface area contributed by atoms with Crippen LogP contribution in [0.4, 0.5) is 10.1 Å². The van der Waals surface area contributed by atoms with Gasteiger partial charge in [0.15, 0.2) is 0 Å². The van der Waals surface area contributed by atoms with Gasteiger partial charge in [0.2, 0.25) is 0 Å². The lowest BCUT2D eigenvalue weighted by molar-refractivity contribution is 0.377. The van der Waals surface area contributed by atoms with E-state index in [0.717, 1.165) is 17.0 Å².